The number of nitrogens with zero attached hydrogens (tertiary/aromatic N) is 2. The summed E-state index contributed by atoms with van der Waals surface area (Å²) in [7, 11) is 0. The number of aryl methyl sites for hydroxylation is 1. The van der Waals surface area contributed by atoms with Crippen molar-refractivity contribution in [3.05, 3.63) is 87.2 Å². The molecule has 1 amide bonds. The summed E-state index contributed by atoms with van der Waals surface area (Å²) in [5, 5.41) is 19.6. The summed E-state index contributed by atoms with van der Waals surface area (Å²) in [5.41, 5.74) is 0.335. The highest BCUT2D eigenvalue weighted by atomic mass is 16.6. The molecule has 30 heavy (non-hydrogen) atoms. The molecule has 0 atom stereocenters. The number of Topliss-reactive ketones (excluding diaryl/α,β-unsaturated/α-hetero) is 1. The molecule has 2 aromatic carbocycles. The number of hydrogen-bond acceptors (Lipinski definition) is 7. The van der Waals surface area contributed by atoms with Gasteiger partial charge in [-0.2, -0.15) is 5.10 Å². The van der Waals surface area contributed by atoms with E-state index in [1.54, 1.807) is 30.3 Å². The topological polar surface area (TPSA) is 144 Å². The highest BCUT2D eigenvalue weighted by molar-refractivity contribution is 6.05. The number of carbonyl (C=O) groups excluding carboxylic acids is 3. The molecule has 3 rings (SSSR count). The first-order valence-electron chi connectivity index (χ1n) is 8.73. The summed E-state index contributed by atoms with van der Waals surface area (Å²) in [4.78, 5) is 46.6. The Kier molecular flexibility index (Phi) is 5.97. The first kappa shape index (κ1) is 20.4. The van der Waals surface area contributed by atoms with Gasteiger partial charge in [0.1, 0.15) is 5.69 Å². The van der Waals surface area contributed by atoms with E-state index >= 15 is 0 Å². The number of esters is 1. The highest BCUT2D eigenvalue weighted by Crippen LogP contribution is 2.21. The average molecular weight is 408 g/mol. The standard InChI is InChI=1S/C20H16N4O6/c1-12-18(24(28)29)17(23-22-12)20(27)30-11-16(25)13-7-9-15(10-8-13)21-19(26)14-5-3-2-4-6-14/h2-10H,11H2,1H3,(H,21,26)(H,22,23). The van der Waals surface area contributed by atoms with Crippen molar-refractivity contribution < 1.29 is 24.0 Å². The zero-order chi connectivity index (χ0) is 21.7. The Morgan fingerprint density at radius 2 is 1.73 bits per heavy atom. The van der Waals surface area contributed by atoms with Crippen molar-refractivity contribution in [1.29, 1.82) is 0 Å². The first-order valence-corrected chi connectivity index (χ1v) is 8.73. The molecule has 152 valence electrons. The molecule has 0 saturated heterocycles. The van der Waals surface area contributed by atoms with Crippen LogP contribution in [-0.4, -0.2) is 39.4 Å². The third kappa shape index (κ3) is 4.55. The predicted molar refractivity (Wildman–Crippen MR) is 105 cm³/mol. The Labute approximate surface area is 170 Å². The number of carbonyl (C=O) groups is 3. The minimum Gasteiger partial charge on any atom is -0.452 e. The summed E-state index contributed by atoms with van der Waals surface area (Å²) in [6.45, 7) is 0.781. The van der Waals surface area contributed by atoms with Crippen molar-refractivity contribution in [1.82, 2.24) is 10.2 Å². The number of hydrogen-bond donors (Lipinski definition) is 2. The van der Waals surface area contributed by atoms with Crippen LogP contribution < -0.4 is 5.32 Å². The van der Waals surface area contributed by atoms with Crippen molar-refractivity contribution in [3.8, 4) is 0 Å². The number of aromatic amines is 1. The summed E-state index contributed by atoms with van der Waals surface area (Å²) < 4.78 is 4.86. The van der Waals surface area contributed by atoms with Crippen LogP contribution >= 0.6 is 0 Å². The van der Waals surface area contributed by atoms with E-state index in [4.69, 9.17) is 4.74 Å². The van der Waals surface area contributed by atoms with Crippen molar-refractivity contribution in [2.24, 2.45) is 0 Å². The molecular formula is C20H16N4O6. The van der Waals surface area contributed by atoms with E-state index < -0.39 is 34.7 Å². The Morgan fingerprint density at radius 3 is 2.37 bits per heavy atom. The molecule has 10 nitrogen and oxygen atoms in total. The lowest BCUT2D eigenvalue weighted by Crippen LogP contribution is -2.16. The van der Waals surface area contributed by atoms with Gasteiger partial charge in [-0.1, -0.05) is 18.2 Å². The lowest BCUT2D eigenvalue weighted by Gasteiger charge is -2.07. The van der Waals surface area contributed by atoms with Crippen LogP contribution in [0.1, 0.15) is 36.9 Å². The van der Waals surface area contributed by atoms with Gasteiger partial charge in [0.25, 0.3) is 5.91 Å². The number of aromatic nitrogens is 2. The third-order valence-electron chi connectivity index (χ3n) is 4.13. The van der Waals surface area contributed by atoms with Crippen LogP contribution in [0.5, 0.6) is 0 Å². The number of rotatable bonds is 7. The molecule has 0 unspecified atom stereocenters. The van der Waals surface area contributed by atoms with Crippen LogP contribution in [0.2, 0.25) is 0 Å². The number of ether oxygens (including phenoxy) is 1. The van der Waals surface area contributed by atoms with E-state index in [1.165, 1.54) is 31.2 Å². The van der Waals surface area contributed by atoms with E-state index in [2.05, 4.69) is 15.5 Å². The van der Waals surface area contributed by atoms with Gasteiger partial charge in [0, 0.05) is 16.8 Å². The van der Waals surface area contributed by atoms with Crippen molar-refractivity contribution >= 4 is 29.0 Å². The van der Waals surface area contributed by atoms with E-state index in [9.17, 15) is 24.5 Å². The largest absolute Gasteiger partial charge is 0.452 e. The highest BCUT2D eigenvalue weighted by Gasteiger charge is 2.28. The fraction of sp³-hybridized carbons (Fsp3) is 0.100. The minimum absolute atomic E-state index is 0.103. The van der Waals surface area contributed by atoms with Crippen molar-refractivity contribution in [3.63, 3.8) is 0 Å². The van der Waals surface area contributed by atoms with Crippen LogP contribution in [0.25, 0.3) is 0 Å². The Bertz CT molecular complexity index is 1110. The van der Waals surface area contributed by atoms with Gasteiger partial charge in [-0.05, 0) is 43.3 Å². The normalized spacial score (nSPS) is 10.3. The lowest BCUT2D eigenvalue weighted by atomic mass is 10.1. The summed E-state index contributed by atoms with van der Waals surface area (Å²) in [6.07, 6.45) is 0. The second-order valence-corrected chi connectivity index (χ2v) is 6.20. The van der Waals surface area contributed by atoms with E-state index in [0.717, 1.165) is 0 Å². The summed E-state index contributed by atoms with van der Waals surface area (Å²) >= 11 is 0. The summed E-state index contributed by atoms with van der Waals surface area (Å²) in [6, 6.07) is 14.7. The van der Waals surface area contributed by atoms with Crippen molar-refractivity contribution in [2.45, 2.75) is 6.92 Å². The molecule has 0 radical (unpaired) electrons. The van der Waals surface area contributed by atoms with Gasteiger partial charge in [0.05, 0.1) is 4.92 Å². The Morgan fingerprint density at radius 1 is 1.07 bits per heavy atom. The van der Waals surface area contributed by atoms with Crippen LogP contribution in [0, 0.1) is 17.0 Å². The molecule has 2 N–H and O–H groups in total. The van der Waals surface area contributed by atoms with Gasteiger partial charge in [0.15, 0.2) is 12.4 Å². The van der Waals surface area contributed by atoms with Crippen LogP contribution in [0.4, 0.5) is 11.4 Å². The van der Waals surface area contributed by atoms with Crippen LogP contribution in [0.3, 0.4) is 0 Å². The molecule has 0 spiro atoms. The van der Waals surface area contributed by atoms with Crippen LogP contribution in [-0.2, 0) is 4.74 Å². The minimum atomic E-state index is -1.08. The molecule has 0 aliphatic rings. The van der Waals surface area contributed by atoms with Crippen molar-refractivity contribution in [2.75, 3.05) is 11.9 Å². The number of H-pyrrole nitrogens is 1. The van der Waals surface area contributed by atoms with Gasteiger partial charge in [0.2, 0.25) is 5.69 Å². The Balaban J connectivity index is 1.59. The number of nitro groups is 1. The maximum atomic E-state index is 12.2. The molecule has 1 heterocycles. The van der Waals surface area contributed by atoms with Gasteiger partial charge >= 0.3 is 11.7 Å². The quantitative estimate of drug-likeness (QED) is 0.265. The first-order chi connectivity index (χ1) is 14.4. The predicted octanol–water partition coefficient (Wildman–Crippen LogP) is 2.92. The monoisotopic (exact) mass is 408 g/mol. The maximum Gasteiger partial charge on any atom is 0.366 e. The maximum absolute atomic E-state index is 12.2. The molecule has 0 saturated carbocycles. The van der Waals surface area contributed by atoms with Gasteiger partial charge in [-0.25, -0.2) is 4.79 Å². The average Bonchev–Trinajstić information content (AvgIpc) is 3.14. The number of nitrogens with one attached hydrogen (secondary N) is 2. The van der Waals surface area contributed by atoms with Gasteiger partial charge in [-0.3, -0.25) is 24.8 Å². The molecule has 1 aromatic heterocycles. The number of amides is 1. The molecular weight excluding hydrogens is 392 g/mol. The summed E-state index contributed by atoms with van der Waals surface area (Å²) in [5.74, 6) is -1.88. The van der Waals surface area contributed by atoms with E-state index in [0.29, 0.717) is 11.3 Å². The SMILES string of the molecule is Cc1[nH]nc(C(=O)OCC(=O)c2ccc(NC(=O)c3ccccc3)cc2)c1[N+](=O)[O-]. The fourth-order valence-corrected chi connectivity index (χ4v) is 2.60. The number of benzene rings is 2. The third-order valence-corrected chi connectivity index (χ3v) is 4.13. The molecule has 10 heteroatoms. The number of anilines is 1. The smallest absolute Gasteiger partial charge is 0.366 e. The second kappa shape index (κ2) is 8.78. The zero-order valence-electron chi connectivity index (χ0n) is 15.7. The van der Waals surface area contributed by atoms with E-state index in [-0.39, 0.29) is 17.2 Å². The van der Waals surface area contributed by atoms with Gasteiger partial charge < -0.3 is 10.1 Å². The van der Waals surface area contributed by atoms with E-state index in [1.807, 2.05) is 0 Å². The van der Waals surface area contributed by atoms with Gasteiger partial charge in [-0.15, -0.1) is 0 Å². The van der Waals surface area contributed by atoms with Crippen LogP contribution in [0.15, 0.2) is 54.6 Å². The molecule has 0 aliphatic carbocycles. The molecule has 0 bridgehead atoms. The zero-order valence-corrected chi connectivity index (χ0v) is 15.7. The lowest BCUT2D eigenvalue weighted by molar-refractivity contribution is -0.385. The molecule has 3 aromatic rings. The second-order valence-electron chi connectivity index (χ2n) is 6.20. The Hall–Kier alpha value is -4.34. The molecule has 0 fully saturated rings. The fourth-order valence-electron chi connectivity index (χ4n) is 2.60. The number of ketones is 1. The molecule has 0 aliphatic heterocycles.